The number of hydrogen-bond donors (Lipinski definition) is 0. The summed E-state index contributed by atoms with van der Waals surface area (Å²) in [5, 5.41) is 0. The Bertz CT molecular complexity index is 290. The van der Waals surface area contributed by atoms with Crippen LogP contribution in [0.2, 0.25) is 0 Å². The van der Waals surface area contributed by atoms with Crippen LogP contribution in [0, 0.1) is 0 Å². The van der Waals surface area contributed by atoms with Gasteiger partial charge in [0.2, 0.25) is 0 Å². The van der Waals surface area contributed by atoms with E-state index in [1.807, 2.05) is 24.3 Å². The molecule has 0 atom stereocenters. The Hall–Kier alpha value is -1.44. The maximum atomic E-state index is 5.60. The van der Waals surface area contributed by atoms with Gasteiger partial charge in [0, 0.05) is 0 Å². The van der Waals surface area contributed by atoms with Gasteiger partial charge in [0.05, 0.1) is 12.9 Å². The minimum absolute atomic E-state index is 0.785. The summed E-state index contributed by atoms with van der Waals surface area (Å²) in [6.07, 6.45) is 6.33. The highest BCUT2D eigenvalue weighted by atomic mass is 16.5. The SMILES string of the molecule is C=COc1ccc(OCCCCCC)cc1. The lowest BCUT2D eigenvalue weighted by Crippen LogP contribution is -1.96. The second kappa shape index (κ2) is 7.80. The van der Waals surface area contributed by atoms with Crippen LogP contribution in [-0.4, -0.2) is 6.61 Å². The molecule has 1 aromatic carbocycles. The molecule has 0 aliphatic carbocycles. The molecule has 0 aromatic heterocycles. The van der Waals surface area contributed by atoms with Crippen LogP contribution in [0.5, 0.6) is 11.5 Å². The van der Waals surface area contributed by atoms with Gasteiger partial charge in [0.15, 0.2) is 0 Å². The van der Waals surface area contributed by atoms with Crippen molar-refractivity contribution in [2.45, 2.75) is 32.6 Å². The first-order chi connectivity index (χ1) is 7.86. The van der Waals surface area contributed by atoms with E-state index in [0.29, 0.717) is 0 Å². The van der Waals surface area contributed by atoms with Crippen molar-refractivity contribution >= 4 is 0 Å². The molecule has 0 aliphatic heterocycles. The van der Waals surface area contributed by atoms with Crippen molar-refractivity contribution in [1.29, 1.82) is 0 Å². The fourth-order valence-corrected chi connectivity index (χ4v) is 1.43. The molecule has 0 fully saturated rings. The Balaban J connectivity index is 2.23. The van der Waals surface area contributed by atoms with Crippen molar-refractivity contribution in [3.63, 3.8) is 0 Å². The average Bonchev–Trinajstić information content (AvgIpc) is 2.31. The van der Waals surface area contributed by atoms with Gasteiger partial charge >= 0.3 is 0 Å². The van der Waals surface area contributed by atoms with E-state index in [2.05, 4.69) is 13.5 Å². The number of hydrogen-bond acceptors (Lipinski definition) is 2. The molecular weight excluding hydrogens is 200 g/mol. The molecule has 0 heterocycles. The standard InChI is InChI=1S/C14H20O2/c1-3-5-6-7-12-16-14-10-8-13(9-11-14)15-4-2/h4,8-11H,2-3,5-7,12H2,1H3. The minimum atomic E-state index is 0.785. The van der Waals surface area contributed by atoms with Crippen LogP contribution in [0.25, 0.3) is 0 Å². The summed E-state index contributed by atoms with van der Waals surface area (Å²) < 4.78 is 10.7. The van der Waals surface area contributed by atoms with Gasteiger partial charge in [-0.15, -0.1) is 0 Å². The molecule has 1 rings (SSSR count). The van der Waals surface area contributed by atoms with E-state index >= 15 is 0 Å². The quantitative estimate of drug-likeness (QED) is 0.483. The van der Waals surface area contributed by atoms with Gasteiger partial charge in [-0.2, -0.15) is 0 Å². The van der Waals surface area contributed by atoms with Crippen molar-refractivity contribution in [3.8, 4) is 11.5 Å². The van der Waals surface area contributed by atoms with Gasteiger partial charge in [-0.3, -0.25) is 0 Å². The van der Waals surface area contributed by atoms with E-state index < -0.39 is 0 Å². The first-order valence-electron chi connectivity index (χ1n) is 5.87. The van der Waals surface area contributed by atoms with Crippen LogP contribution in [0.1, 0.15) is 32.6 Å². The molecule has 88 valence electrons. The molecule has 0 unspecified atom stereocenters. The minimum Gasteiger partial charge on any atom is -0.494 e. The third-order valence-corrected chi connectivity index (χ3v) is 2.31. The summed E-state index contributed by atoms with van der Waals surface area (Å²) in [6, 6.07) is 7.59. The second-order valence-electron chi connectivity index (χ2n) is 3.67. The predicted molar refractivity (Wildman–Crippen MR) is 66.9 cm³/mol. The van der Waals surface area contributed by atoms with Gasteiger partial charge in [-0.25, -0.2) is 0 Å². The molecule has 0 bridgehead atoms. The van der Waals surface area contributed by atoms with E-state index in [4.69, 9.17) is 9.47 Å². The van der Waals surface area contributed by atoms with Gasteiger partial charge < -0.3 is 9.47 Å². The monoisotopic (exact) mass is 220 g/mol. The van der Waals surface area contributed by atoms with E-state index in [1.165, 1.54) is 25.5 Å². The van der Waals surface area contributed by atoms with Crippen LogP contribution in [0.4, 0.5) is 0 Å². The topological polar surface area (TPSA) is 18.5 Å². The van der Waals surface area contributed by atoms with Crippen LogP contribution in [0.3, 0.4) is 0 Å². The number of rotatable bonds is 8. The smallest absolute Gasteiger partial charge is 0.126 e. The van der Waals surface area contributed by atoms with E-state index in [9.17, 15) is 0 Å². The van der Waals surface area contributed by atoms with E-state index in [0.717, 1.165) is 24.5 Å². The largest absolute Gasteiger partial charge is 0.494 e. The molecule has 1 aromatic rings. The summed E-state index contributed by atoms with van der Waals surface area (Å²) in [5.41, 5.74) is 0. The molecule has 0 aliphatic rings. The normalized spacial score (nSPS) is 9.81. The lowest BCUT2D eigenvalue weighted by atomic mass is 10.2. The lowest BCUT2D eigenvalue weighted by molar-refractivity contribution is 0.304. The zero-order valence-corrected chi connectivity index (χ0v) is 9.95. The Morgan fingerprint density at radius 1 is 1.06 bits per heavy atom. The molecule has 0 amide bonds. The Morgan fingerprint density at radius 2 is 1.75 bits per heavy atom. The van der Waals surface area contributed by atoms with Gasteiger partial charge in [0.25, 0.3) is 0 Å². The van der Waals surface area contributed by atoms with Crippen LogP contribution in [0.15, 0.2) is 37.1 Å². The summed E-state index contributed by atoms with van der Waals surface area (Å²) >= 11 is 0. The number of unbranched alkanes of at least 4 members (excludes halogenated alkanes) is 3. The van der Waals surface area contributed by atoms with Crippen molar-refractivity contribution in [2.24, 2.45) is 0 Å². The highest BCUT2D eigenvalue weighted by Crippen LogP contribution is 2.17. The zero-order chi connectivity index (χ0) is 11.6. The third-order valence-electron chi connectivity index (χ3n) is 2.31. The second-order valence-corrected chi connectivity index (χ2v) is 3.67. The fraction of sp³-hybridized carbons (Fsp3) is 0.429. The Kier molecular flexibility index (Phi) is 6.16. The molecule has 0 saturated carbocycles. The van der Waals surface area contributed by atoms with E-state index in [-0.39, 0.29) is 0 Å². The Labute approximate surface area is 97.9 Å². The third kappa shape index (κ3) is 4.87. The highest BCUT2D eigenvalue weighted by Gasteiger charge is 1.95. The van der Waals surface area contributed by atoms with Crippen molar-refractivity contribution in [3.05, 3.63) is 37.1 Å². The molecule has 16 heavy (non-hydrogen) atoms. The summed E-state index contributed by atoms with van der Waals surface area (Å²) in [4.78, 5) is 0. The first-order valence-corrected chi connectivity index (χ1v) is 5.87. The maximum Gasteiger partial charge on any atom is 0.126 e. The maximum absolute atomic E-state index is 5.60. The van der Waals surface area contributed by atoms with Gasteiger partial charge in [-0.1, -0.05) is 32.8 Å². The molecule has 0 radical (unpaired) electrons. The first kappa shape index (κ1) is 12.6. The van der Waals surface area contributed by atoms with E-state index in [1.54, 1.807) is 0 Å². The predicted octanol–water partition coefficient (Wildman–Crippen LogP) is 4.17. The van der Waals surface area contributed by atoms with Crippen molar-refractivity contribution in [1.82, 2.24) is 0 Å². The summed E-state index contributed by atoms with van der Waals surface area (Å²) in [6.45, 7) is 6.50. The molecule has 0 N–H and O–H groups in total. The lowest BCUT2D eigenvalue weighted by Gasteiger charge is -2.06. The van der Waals surface area contributed by atoms with Crippen molar-refractivity contribution < 1.29 is 9.47 Å². The summed E-state index contributed by atoms with van der Waals surface area (Å²) in [5.74, 6) is 1.68. The molecule has 0 spiro atoms. The van der Waals surface area contributed by atoms with Crippen LogP contribution >= 0.6 is 0 Å². The average molecular weight is 220 g/mol. The van der Waals surface area contributed by atoms with Crippen LogP contribution < -0.4 is 9.47 Å². The van der Waals surface area contributed by atoms with Crippen molar-refractivity contribution in [2.75, 3.05) is 6.61 Å². The van der Waals surface area contributed by atoms with Gasteiger partial charge in [0.1, 0.15) is 11.5 Å². The number of ether oxygens (including phenoxy) is 2. The molecule has 2 heteroatoms. The van der Waals surface area contributed by atoms with Gasteiger partial charge in [-0.05, 0) is 30.7 Å². The number of benzene rings is 1. The Morgan fingerprint density at radius 3 is 2.38 bits per heavy atom. The molecule has 2 nitrogen and oxygen atoms in total. The molecular formula is C14H20O2. The molecule has 0 saturated heterocycles. The fourth-order valence-electron chi connectivity index (χ4n) is 1.43. The zero-order valence-electron chi connectivity index (χ0n) is 9.95. The highest BCUT2D eigenvalue weighted by molar-refractivity contribution is 5.31. The van der Waals surface area contributed by atoms with Crippen LogP contribution in [-0.2, 0) is 0 Å². The summed E-state index contributed by atoms with van der Waals surface area (Å²) in [7, 11) is 0.